The monoisotopic (exact) mass is 477 g/mol. The second-order valence-electron chi connectivity index (χ2n) is 8.62. The number of hydrogen-bond acceptors (Lipinski definition) is 3. The standard InChI is InChI=1S/C28H28ClN3.ClH/c29-25-12-11-23-17-24(28(31-27(23)18-25)22-9-5-2-6-10-22)19-30-26-13-15-32(16-14-26)20-21-7-3-1-4-8-21;/h1-12,17-18,26,30H,13-16,19-20H2;1H. The van der Waals surface area contributed by atoms with Crippen LogP contribution in [-0.2, 0) is 13.1 Å². The van der Waals surface area contributed by atoms with Crippen LogP contribution >= 0.6 is 24.0 Å². The zero-order valence-corrected chi connectivity index (χ0v) is 20.2. The van der Waals surface area contributed by atoms with Gasteiger partial charge in [0.05, 0.1) is 11.2 Å². The highest BCUT2D eigenvalue weighted by Gasteiger charge is 2.19. The molecule has 4 aromatic rings. The van der Waals surface area contributed by atoms with Crippen molar-refractivity contribution >= 4 is 34.9 Å². The van der Waals surface area contributed by atoms with E-state index in [4.69, 9.17) is 16.6 Å². The summed E-state index contributed by atoms with van der Waals surface area (Å²) in [5.74, 6) is 0. The number of aromatic nitrogens is 1. The molecule has 3 nitrogen and oxygen atoms in total. The van der Waals surface area contributed by atoms with E-state index in [0.717, 1.165) is 53.4 Å². The van der Waals surface area contributed by atoms with Gasteiger partial charge < -0.3 is 5.32 Å². The largest absolute Gasteiger partial charge is 0.310 e. The Labute approximate surface area is 207 Å². The van der Waals surface area contributed by atoms with Crippen molar-refractivity contribution in [2.75, 3.05) is 13.1 Å². The molecule has 3 aromatic carbocycles. The predicted octanol–water partition coefficient (Wildman–Crippen LogP) is 6.73. The molecule has 0 radical (unpaired) electrons. The van der Waals surface area contributed by atoms with Crippen LogP contribution in [0.1, 0.15) is 24.0 Å². The number of hydrogen-bond donors (Lipinski definition) is 1. The summed E-state index contributed by atoms with van der Waals surface area (Å²) < 4.78 is 0. The topological polar surface area (TPSA) is 28.2 Å². The third kappa shape index (κ3) is 5.93. The highest BCUT2D eigenvalue weighted by atomic mass is 35.5. The molecule has 1 aromatic heterocycles. The van der Waals surface area contributed by atoms with Gasteiger partial charge in [0, 0.05) is 35.1 Å². The van der Waals surface area contributed by atoms with Gasteiger partial charge in [-0.1, -0.05) is 78.3 Å². The number of rotatable bonds is 6. The van der Waals surface area contributed by atoms with E-state index in [-0.39, 0.29) is 12.4 Å². The molecule has 1 N–H and O–H groups in total. The summed E-state index contributed by atoms with van der Waals surface area (Å²) >= 11 is 6.23. The Hall–Kier alpha value is -2.43. The Morgan fingerprint density at radius 2 is 1.58 bits per heavy atom. The fourth-order valence-corrected chi connectivity index (χ4v) is 4.72. The average Bonchev–Trinajstić information content (AvgIpc) is 2.84. The summed E-state index contributed by atoms with van der Waals surface area (Å²) in [5.41, 5.74) is 5.75. The molecule has 1 aliphatic heterocycles. The Bertz CT molecular complexity index is 1170. The summed E-state index contributed by atoms with van der Waals surface area (Å²) in [5, 5.41) is 5.66. The van der Waals surface area contributed by atoms with Gasteiger partial charge >= 0.3 is 0 Å². The molecule has 0 amide bonds. The van der Waals surface area contributed by atoms with Crippen LogP contribution in [0.15, 0.2) is 84.9 Å². The minimum atomic E-state index is 0. The van der Waals surface area contributed by atoms with E-state index in [9.17, 15) is 0 Å². The van der Waals surface area contributed by atoms with Crippen molar-refractivity contribution in [3.63, 3.8) is 0 Å². The minimum Gasteiger partial charge on any atom is -0.310 e. The second-order valence-corrected chi connectivity index (χ2v) is 9.05. The molecule has 5 heteroatoms. The van der Waals surface area contributed by atoms with Crippen molar-refractivity contribution in [2.45, 2.75) is 32.0 Å². The van der Waals surface area contributed by atoms with E-state index in [1.165, 1.54) is 24.0 Å². The van der Waals surface area contributed by atoms with Crippen LogP contribution in [0.2, 0.25) is 5.02 Å². The van der Waals surface area contributed by atoms with E-state index in [2.05, 4.69) is 76.9 Å². The molecule has 0 unspecified atom stereocenters. The third-order valence-corrected chi connectivity index (χ3v) is 6.56. The number of benzene rings is 3. The summed E-state index contributed by atoms with van der Waals surface area (Å²) in [6.07, 6.45) is 2.34. The van der Waals surface area contributed by atoms with Crippen LogP contribution < -0.4 is 5.32 Å². The van der Waals surface area contributed by atoms with Crippen LogP contribution in [-0.4, -0.2) is 29.0 Å². The van der Waals surface area contributed by atoms with Crippen molar-refractivity contribution in [3.05, 3.63) is 101 Å². The number of fused-ring (bicyclic) bond motifs is 1. The highest BCUT2D eigenvalue weighted by Crippen LogP contribution is 2.27. The smallest absolute Gasteiger partial charge is 0.0754 e. The number of pyridine rings is 1. The van der Waals surface area contributed by atoms with E-state index in [1.807, 2.05) is 18.2 Å². The summed E-state index contributed by atoms with van der Waals surface area (Å²) in [6.45, 7) is 4.13. The van der Waals surface area contributed by atoms with Gasteiger partial charge in [-0.25, -0.2) is 4.98 Å². The minimum absolute atomic E-state index is 0. The second kappa shape index (κ2) is 11.1. The van der Waals surface area contributed by atoms with E-state index in [1.54, 1.807) is 0 Å². The molecule has 0 spiro atoms. The van der Waals surface area contributed by atoms with Crippen molar-refractivity contribution in [3.8, 4) is 11.3 Å². The van der Waals surface area contributed by atoms with Crippen LogP contribution in [0.25, 0.3) is 22.2 Å². The predicted molar refractivity (Wildman–Crippen MR) is 141 cm³/mol. The Balaban J connectivity index is 0.00000259. The first-order valence-corrected chi connectivity index (χ1v) is 11.8. The molecule has 33 heavy (non-hydrogen) atoms. The van der Waals surface area contributed by atoms with Crippen LogP contribution in [0, 0.1) is 0 Å². The van der Waals surface area contributed by atoms with Gasteiger partial charge in [-0.3, -0.25) is 4.90 Å². The lowest BCUT2D eigenvalue weighted by atomic mass is 10.0. The van der Waals surface area contributed by atoms with E-state index < -0.39 is 0 Å². The van der Waals surface area contributed by atoms with Crippen molar-refractivity contribution < 1.29 is 0 Å². The average molecular weight is 478 g/mol. The lowest BCUT2D eigenvalue weighted by molar-refractivity contribution is 0.190. The molecule has 0 atom stereocenters. The van der Waals surface area contributed by atoms with Gasteiger partial charge in [-0.2, -0.15) is 0 Å². The van der Waals surface area contributed by atoms with Gasteiger partial charge in [-0.05, 0) is 55.3 Å². The zero-order chi connectivity index (χ0) is 21.8. The quantitative estimate of drug-likeness (QED) is 0.333. The molecule has 2 heterocycles. The molecule has 0 bridgehead atoms. The maximum atomic E-state index is 6.23. The van der Waals surface area contributed by atoms with Crippen molar-refractivity contribution in [1.29, 1.82) is 0 Å². The van der Waals surface area contributed by atoms with Gasteiger partial charge in [0.25, 0.3) is 0 Å². The molecule has 1 aliphatic rings. The van der Waals surface area contributed by atoms with Crippen LogP contribution in [0.5, 0.6) is 0 Å². The fourth-order valence-electron chi connectivity index (χ4n) is 4.56. The first-order chi connectivity index (χ1) is 15.7. The van der Waals surface area contributed by atoms with Crippen molar-refractivity contribution in [1.82, 2.24) is 15.2 Å². The number of likely N-dealkylation sites (tertiary alicyclic amines) is 1. The third-order valence-electron chi connectivity index (χ3n) is 6.32. The molecule has 0 saturated carbocycles. The van der Waals surface area contributed by atoms with Crippen LogP contribution in [0.3, 0.4) is 0 Å². The number of nitrogens with one attached hydrogen (secondary N) is 1. The highest BCUT2D eigenvalue weighted by molar-refractivity contribution is 6.31. The Kier molecular flexibility index (Phi) is 8.00. The molecule has 1 fully saturated rings. The normalized spacial score (nSPS) is 14.8. The number of nitrogens with zero attached hydrogens (tertiary/aromatic N) is 2. The van der Waals surface area contributed by atoms with Crippen molar-refractivity contribution in [2.24, 2.45) is 0 Å². The summed E-state index contributed by atoms with van der Waals surface area (Å²) in [4.78, 5) is 7.56. The number of halogens is 2. The lowest BCUT2D eigenvalue weighted by Gasteiger charge is -2.32. The molecular weight excluding hydrogens is 449 g/mol. The lowest BCUT2D eigenvalue weighted by Crippen LogP contribution is -2.41. The molecule has 170 valence electrons. The maximum absolute atomic E-state index is 6.23. The number of piperidine rings is 1. The van der Waals surface area contributed by atoms with E-state index in [0.29, 0.717) is 6.04 Å². The maximum Gasteiger partial charge on any atom is 0.0754 e. The van der Waals surface area contributed by atoms with E-state index >= 15 is 0 Å². The van der Waals surface area contributed by atoms with Gasteiger partial charge in [0.15, 0.2) is 0 Å². The molecule has 1 saturated heterocycles. The Morgan fingerprint density at radius 1 is 0.879 bits per heavy atom. The summed E-state index contributed by atoms with van der Waals surface area (Å²) in [7, 11) is 0. The fraction of sp³-hybridized carbons (Fsp3) is 0.250. The Morgan fingerprint density at radius 3 is 2.30 bits per heavy atom. The molecule has 5 rings (SSSR count). The van der Waals surface area contributed by atoms with Gasteiger partial charge in [0.2, 0.25) is 0 Å². The first-order valence-electron chi connectivity index (χ1n) is 11.4. The van der Waals surface area contributed by atoms with Crippen LogP contribution in [0.4, 0.5) is 0 Å². The van der Waals surface area contributed by atoms with Gasteiger partial charge in [-0.15, -0.1) is 12.4 Å². The zero-order valence-electron chi connectivity index (χ0n) is 18.6. The SMILES string of the molecule is Cl.Clc1ccc2cc(CNC3CCN(Cc4ccccc4)CC3)c(-c3ccccc3)nc2c1. The van der Waals surface area contributed by atoms with Gasteiger partial charge in [0.1, 0.15) is 0 Å². The summed E-state index contributed by atoms with van der Waals surface area (Å²) in [6, 6.07) is 29.9. The first kappa shape index (κ1) is 23.7. The molecular formula is C28H29Cl2N3. The molecule has 0 aliphatic carbocycles.